The van der Waals surface area contributed by atoms with Crippen molar-refractivity contribution < 1.29 is 14.1 Å². The van der Waals surface area contributed by atoms with Crippen LogP contribution in [0.15, 0.2) is 34.9 Å². The number of carbonyl (C=O) groups excluding carboxylic acids is 1. The van der Waals surface area contributed by atoms with Crippen LogP contribution in [0.25, 0.3) is 0 Å². The number of benzene rings is 1. The third-order valence-electron chi connectivity index (χ3n) is 3.84. The predicted molar refractivity (Wildman–Crippen MR) is 82.1 cm³/mol. The van der Waals surface area contributed by atoms with Crippen LogP contribution in [-0.2, 0) is 6.42 Å². The van der Waals surface area contributed by atoms with Gasteiger partial charge < -0.3 is 14.6 Å². The molecular weight excluding hydrogens is 280 g/mol. The second kappa shape index (κ2) is 6.22. The Bertz CT molecular complexity index is 663. The molecular formula is C17H20N2O3. The smallest absolute Gasteiger partial charge is 0.290 e. The van der Waals surface area contributed by atoms with Crippen molar-refractivity contribution in [2.75, 3.05) is 6.54 Å². The summed E-state index contributed by atoms with van der Waals surface area (Å²) in [5, 5.41) is 6.75. The van der Waals surface area contributed by atoms with Gasteiger partial charge in [0.05, 0.1) is 12.2 Å². The molecule has 1 amide bonds. The highest BCUT2D eigenvalue weighted by atomic mass is 16.5. The Kier molecular flexibility index (Phi) is 4.13. The molecule has 2 heterocycles. The maximum atomic E-state index is 12.1. The fourth-order valence-electron chi connectivity index (χ4n) is 2.49. The van der Waals surface area contributed by atoms with Crippen LogP contribution < -0.4 is 10.1 Å². The lowest BCUT2D eigenvalue weighted by Gasteiger charge is -2.26. The molecule has 0 aliphatic carbocycles. The average Bonchev–Trinajstić information content (AvgIpc) is 3.03. The van der Waals surface area contributed by atoms with E-state index in [2.05, 4.69) is 16.5 Å². The van der Waals surface area contributed by atoms with E-state index in [1.54, 1.807) is 6.07 Å². The van der Waals surface area contributed by atoms with E-state index in [1.165, 1.54) is 5.56 Å². The van der Waals surface area contributed by atoms with Gasteiger partial charge in [-0.2, -0.15) is 0 Å². The topological polar surface area (TPSA) is 64.4 Å². The predicted octanol–water partition coefficient (Wildman–Crippen LogP) is 2.92. The van der Waals surface area contributed by atoms with E-state index in [-0.39, 0.29) is 23.7 Å². The Morgan fingerprint density at radius 2 is 2.23 bits per heavy atom. The number of carbonyl (C=O) groups is 1. The van der Waals surface area contributed by atoms with Crippen LogP contribution in [0, 0.1) is 0 Å². The molecule has 1 unspecified atom stereocenters. The molecule has 0 saturated carbocycles. The van der Waals surface area contributed by atoms with E-state index < -0.39 is 0 Å². The van der Waals surface area contributed by atoms with Crippen LogP contribution in [-0.4, -0.2) is 23.7 Å². The number of amides is 1. The number of aryl methyl sites for hydroxylation is 1. The summed E-state index contributed by atoms with van der Waals surface area (Å²) < 4.78 is 11.0. The fourth-order valence-corrected chi connectivity index (χ4v) is 2.49. The number of nitrogens with one attached hydrogen (secondary N) is 1. The zero-order valence-electron chi connectivity index (χ0n) is 12.8. The Morgan fingerprint density at radius 1 is 1.41 bits per heavy atom. The van der Waals surface area contributed by atoms with Gasteiger partial charge in [0.2, 0.25) is 5.76 Å². The minimum Gasteiger partial charge on any atom is -0.488 e. The molecule has 1 aromatic carbocycles. The van der Waals surface area contributed by atoms with Crippen LogP contribution in [0.5, 0.6) is 5.75 Å². The second-order valence-corrected chi connectivity index (χ2v) is 5.87. The van der Waals surface area contributed by atoms with Gasteiger partial charge in [-0.1, -0.05) is 37.2 Å². The number of aromatic nitrogens is 1. The van der Waals surface area contributed by atoms with E-state index in [0.29, 0.717) is 6.54 Å². The fraction of sp³-hybridized carbons (Fsp3) is 0.412. The first-order valence-electron chi connectivity index (χ1n) is 7.63. The molecule has 1 aromatic heterocycles. The first-order chi connectivity index (χ1) is 10.6. The Hall–Kier alpha value is -2.30. The van der Waals surface area contributed by atoms with Crippen molar-refractivity contribution in [3.8, 4) is 5.75 Å². The van der Waals surface area contributed by atoms with Crippen molar-refractivity contribution in [2.24, 2.45) is 0 Å². The molecule has 1 aliphatic rings. The van der Waals surface area contributed by atoms with Crippen molar-refractivity contribution in [2.45, 2.75) is 38.7 Å². The minimum atomic E-state index is -0.248. The number of rotatable bonds is 4. The van der Waals surface area contributed by atoms with Gasteiger partial charge in [0, 0.05) is 6.07 Å². The summed E-state index contributed by atoms with van der Waals surface area (Å²) in [7, 11) is 0. The van der Waals surface area contributed by atoms with Crippen LogP contribution in [0.4, 0.5) is 0 Å². The van der Waals surface area contributed by atoms with Crippen molar-refractivity contribution >= 4 is 5.91 Å². The van der Waals surface area contributed by atoms with E-state index in [9.17, 15) is 4.79 Å². The van der Waals surface area contributed by atoms with Gasteiger partial charge in [-0.3, -0.25) is 4.79 Å². The lowest BCUT2D eigenvalue weighted by atomic mass is 10.0. The average molecular weight is 300 g/mol. The van der Waals surface area contributed by atoms with Gasteiger partial charge in [-0.25, -0.2) is 0 Å². The lowest BCUT2D eigenvalue weighted by molar-refractivity contribution is 0.0882. The summed E-state index contributed by atoms with van der Waals surface area (Å²) in [6.07, 6.45) is 1.85. The van der Waals surface area contributed by atoms with E-state index in [4.69, 9.17) is 9.26 Å². The summed E-state index contributed by atoms with van der Waals surface area (Å²) >= 11 is 0. The molecule has 0 bridgehead atoms. The SMILES string of the molecule is CC(C)c1cc(C(=O)NCC2CCc3ccccc3O2)on1. The number of fused-ring (bicyclic) bond motifs is 1. The van der Waals surface area contributed by atoms with Crippen molar-refractivity contribution in [1.29, 1.82) is 0 Å². The second-order valence-electron chi connectivity index (χ2n) is 5.87. The monoisotopic (exact) mass is 300 g/mol. The molecule has 22 heavy (non-hydrogen) atoms. The van der Waals surface area contributed by atoms with E-state index in [1.807, 2.05) is 32.0 Å². The number of hydrogen-bond donors (Lipinski definition) is 1. The molecule has 0 spiro atoms. The van der Waals surface area contributed by atoms with Crippen LogP contribution in [0.1, 0.15) is 48.0 Å². The molecule has 5 nitrogen and oxygen atoms in total. The quantitative estimate of drug-likeness (QED) is 0.943. The molecule has 0 fully saturated rings. The lowest BCUT2D eigenvalue weighted by Crippen LogP contribution is -2.37. The Balaban J connectivity index is 1.55. The number of hydrogen-bond acceptors (Lipinski definition) is 4. The molecule has 1 aliphatic heterocycles. The summed E-state index contributed by atoms with van der Waals surface area (Å²) in [6.45, 7) is 4.48. The highest BCUT2D eigenvalue weighted by Crippen LogP contribution is 2.26. The van der Waals surface area contributed by atoms with Gasteiger partial charge in [-0.05, 0) is 30.4 Å². The van der Waals surface area contributed by atoms with E-state index in [0.717, 1.165) is 24.3 Å². The maximum absolute atomic E-state index is 12.1. The standard InChI is InChI=1S/C17H20N2O3/c1-11(2)14-9-16(22-19-14)17(20)18-10-13-8-7-12-5-3-4-6-15(12)21-13/h3-6,9,11,13H,7-8,10H2,1-2H3,(H,18,20). The third-order valence-corrected chi connectivity index (χ3v) is 3.84. The minimum absolute atomic E-state index is 0.00802. The highest BCUT2D eigenvalue weighted by molar-refractivity contribution is 5.91. The van der Waals surface area contributed by atoms with Gasteiger partial charge in [0.15, 0.2) is 0 Å². The number of nitrogens with zero attached hydrogens (tertiary/aromatic N) is 1. The van der Waals surface area contributed by atoms with Gasteiger partial charge in [0.25, 0.3) is 5.91 Å². The number of ether oxygens (including phenoxy) is 1. The van der Waals surface area contributed by atoms with Crippen molar-refractivity contribution in [3.63, 3.8) is 0 Å². The first-order valence-corrected chi connectivity index (χ1v) is 7.63. The number of para-hydroxylation sites is 1. The van der Waals surface area contributed by atoms with Crippen LogP contribution >= 0.6 is 0 Å². The molecule has 0 saturated heterocycles. The first kappa shape index (κ1) is 14.6. The summed E-state index contributed by atoms with van der Waals surface area (Å²) in [4.78, 5) is 12.1. The third kappa shape index (κ3) is 3.13. The normalized spacial score (nSPS) is 17.0. The molecule has 1 N–H and O–H groups in total. The van der Waals surface area contributed by atoms with E-state index >= 15 is 0 Å². The van der Waals surface area contributed by atoms with Crippen molar-refractivity contribution in [1.82, 2.24) is 10.5 Å². The Morgan fingerprint density at radius 3 is 3.00 bits per heavy atom. The molecule has 3 rings (SSSR count). The van der Waals surface area contributed by atoms with Crippen molar-refractivity contribution in [3.05, 3.63) is 47.3 Å². The summed E-state index contributed by atoms with van der Waals surface area (Å²) in [5.41, 5.74) is 2.01. The molecule has 116 valence electrons. The molecule has 1 atom stereocenters. The van der Waals surface area contributed by atoms with Gasteiger partial charge in [0.1, 0.15) is 11.9 Å². The largest absolute Gasteiger partial charge is 0.488 e. The van der Waals surface area contributed by atoms with Crippen LogP contribution in [0.3, 0.4) is 0 Å². The molecule has 5 heteroatoms. The molecule has 2 aromatic rings. The van der Waals surface area contributed by atoms with Gasteiger partial charge in [-0.15, -0.1) is 0 Å². The maximum Gasteiger partial charge on any atom is 0.290 e. The summed E-state index contributed by atoms with van der Waals surface area (Å²) in [6, 6.07) is 9.71. The summed E-state index contributed by atoms with van der Waals surface area (Å²) in [5.74, 6) is 1.15. The Labute approximate surface area is 129 Å². The zero-order valence-corrected chi connectivity index (χ0v) is 12.8. The molecule has 0 radical (unpaired) electrons. The highest BCUT2D eigenvalue weighted by Gasteiger charge is 2.21. The zero-order chi connectivity index (χ0) is 15.5. The van der Waals surface area contributed by atoms with Gasteiger partial charge >= 0.3 is 0 Å². The van der Waals surface area contributed by atoms with Crippen LogP contribution in [0.2, 0.25) is 0 Å².